The van der Waals surface area contributed by atoms with E-state index in [0.29, 0.717) is 32.8 Å². The first-order valence-electron chi connectivity index (χ1n) is 5.68. The molecule has 0 saturated heterocycles. The minimum atomic E-state index is 0.402. The van der Waals surface area contributed by atoms with Gasteiger partial charge >= 0.3 is 0 Å². The normalized spacial score (nSPS) is 11.1. The average molecular weight is 326 g/mol. The number of H-pyrrole nitrogens is 1. The molecule has 0 aliphatic heterocycles. The van der Waals surface area contributed by atoms with Crippen LogP contribution in [0.2, 0.25) is 10.0 Å². The maximum atomic E-state index is 6.16. The molecule has 102 valence electrons. The molecular weight excluding hydrogens is 317 g/mol. The maximum Gasteiger partial charge on any atom is 0.204 e. The number of nitrogens with zero attached hydrogens (tertiary/aromatic N) is 3. The summed E-state index contributed by atoms with van der Waals surface area (Å²) in [5, 5.41) is 11.8. The van der Waals surface area contributed by atoms with Gasteiger partial charge in [0.1, 0.15) is 11.3 Å². The first-order valence-corrected chi connectivity index (χ1v) is 7.42. The van der Waals surface area contributed by atoms with Gasteiger partial charge in [0.25, 0.3) is 0 Å². The Balaban J connectivity index is 1.92. The van der Waals surface area contributed by atoms with E-state index in [4.69, 9.17) is 28.9 Å². The lowest BCUT2D eigenvalue weighted by molar-refractivity contribution is 0.953. The zero-order valence-corrected chi connectivity index (χ0v) is 12.4. The predicted octanol–water partition coefficient (Wildman–Crippen LogP) is 3.53. The second kappa shape index (κ2) is 5.47. The maximum absolute atomic E-state index is 6.16. The van der Waals surface area contributed by atoms with Crippen LogP contribution < -0.4 is 5.73 Å². The summed E-state index contributed by atoms with van der Waals surface area (Å²) < 4.78 is 0. The van der Waals surface area contributed by atoms with E-state index in [2.05, 4.69) is 20.4 Å². The van der Waals surface area contributed by atoms with Gasteiger partial charge in [0.15, 0.2) is 0 Å². The summed E-state index contributed by atoms with van der Waals surface area (Å²) in [4.78, 5) is 4.98. The Morgan fingerprint density at radius 3 is 2.70 bits per heavy atom. The number of anilines is 1. The van der Waals surface area contributed by atoms with Crippen molar-refractivity contribution in [2.75, 3.05) is 5.73 Å². The monoisotopic (exact) mass is 325 g/mol. The molecule has 0 atom stereocenters. The van der Waals surface area contributed by atoms with E-state index in [0.717, 1.165) is 10.5 Å². The lowest BCUT2D eigenvalue weighted by Gasteiger charge is -2.07. The zero-order chi connectivity index (χ0) is 14.1. The third-order valence-electron chi connectivity index (χ3n) is 2.71. The number of aromatic amines is 1. The van der Waals surface area contributed by atoms with Crippen LogP contribution in [-0.2, 0) is 5.75 Å². The molecule has 3 rings (SSSR count). The number of aromatic nitrogens is 4. The van der Waals surface area contributed by atoms with Crippen molar-refractivity contribution in [3.05, 3.63) is 39.9 Å². The second-order valence-corrected chi connectivity index (χ2v) is 5.86. The van der Waals surface area contributed by atoms with E-state index in [1.165, 1.54) is 11.8 Å². The summed E-state index contributed by atoms with van der Waals surface area (Å²) in [5.74, 6) is 1.02. The van der Waals surface area contributed by atoms with Crippen molar-refractivity contribution in [2.45, 2.75) is 10.6 Å². The molecule has 3 N–H and O–H groups in total. The quantitative estimate of drug-likeness (QED) is 0.720. The second-order valence-electron chi connectivity index (χ2n) is 4.03. The van der Waals surface area contributed by atoms with Gasteiger partial charge in [0.05, 0.1) is 0 Å². The smallest absolute Gasteiger partial charge is 0.204 e. The van der Waals surface area contributed by atoms with E-state index in [-0.39, 0.29) is 0 Å². The first-order chi connectivity index (χ1) is 9.65. The molecule has 0 radical (unpaired) electrons. The molecule has 0 aliphatic carbocycles. The van der Waals surface area contributed by atoms with Crippen molar-refractivity contribution in [3.63, 3.8) is 0 Å². The number of hydrogen-bond acceptors (Lipinski definition) is 5. The van der Waals surface area contributed by atoms with Crippen LogP contribution in [-0.4, -0.2) is 20.4 Å². The molecule has 0 saturated carbocycles. The highest BCUT2D eigenvalue weighted by molar-refractivity contribution is 7.98. The van der Waals surface area contributed by atoms with Gasteiger partial charge in [-0.3, -0.25) is 0 Å². The predicted molar refractivity (Wildman–Crippen MR) is 82.1 cm³/mol. The topological polar surface area (TPSA) is 80.5 Å². The third kappa shape index (κ3) is 2.54. The van der Waals surface area contributed by atoms with Crippen molar-refractivity contribution >= 4 is 51.9 Å². The van der Waals surface area contributed by atoms with Gasteiger partial charge < -0.3 is 5.73 Å². The highest BCUT2D eigenvalue weighted by Gasteiger charge is 2.11. The molecule has 1 aromatic carbocycles. The van der Waals surface area contributed by atoms with Gasteiger partial charge in [-0.2, -0.15) is 10.3 Å². The molecule has 20 heavy (non-hydrogen) atoms. The number of nitrogens with two attached hydrogens (primary N) is 1. The Kier molecular flexibility index (Phi) is 3.69. The minimum absolute atomic E-state index is 0.402. The molecule has 5 nitrogen and oxygen atoms in total. The number of rotatable bonds is 3. The molecule has 0 spiro atoms. The van der Waals surface area contributed by atoms with Crippen molar-refractivity contribution in [1.29, 1.82) is 0 Å². The Bertz CT molecular complexity index is 753. The lowest BCUT2D eigenvalue weighted by atomic mass is 10.2. The van der Waals surface area contributed by atoms with E-state index in [1.807, 2.05) is 18.2 Å². The average Bonchev–Trinajstić information content (AvgIpc) is 2.86. The van der Waals surface area contributed by atoms with E-state index in [9.17, 15) is 0 Å². The highest BCUT2D eigenvalue weighted by Crippen LogP contribution is 2.34. The zero-order valence-electron chi connectivity index (χ0n) is 10.1. The van der Waals surface area contributed by atoms with Gasteiger partial charge in [-0.05, 0) is 23.8 Å². The molecular formula is C12H9Cl2N5S. The Morgan fingerprint density at radius 2 is 1.95 bits per heavy atom. The Hall–Kier alpha value is -1.50. The molecule has 0 unspecified atom stereocenters. The van der Waals surface area contributed by atoms with Gasteiger partial charge in [0, 0.05) is 20.7 Å². The summed E-state index contributed by atoms with van der Waals surface area (Å²) in [5.41, 5.74) is 7.82. The lowest BCUT2D eigenvalue weighted by Crippen LogP contribution is -1.92. The van der Waals surface area contributed by atoms with Gasteiger partial charge in [-0.15, -0.1) is 16.9 Å². The number of hydrogen-bond donors (Lipinski definition) is 2. The minimum Gasteiger partial charge on any atom is -0.384 e. The van der Waals surface area contributed by atoms with Crippen LogP contribution in [0.15, 0.2) is 29.2 Å². The van der Waals surface area contributed by atoms with Crippen LogP contribution in [0.3, 0.4) is 0 Å². The van der Waals surface area contributed by atoms with Crippen LogP contribution in [0.4, 0.5) is 5.82 Å². The summed E-state index contributed by atoms with van der Waals surface area (Å²) in [6.07, 6.45) is 0. The largest absolute Gasteiger partial charge is 0.384 e. The van der Waals surface area contributed by atoms with Crippen molar-refractivity contribution in [1.82, 2.24) is 20.4 Å². The van der Waals surface area contributed by atoms with Crippen LogP contribution >= 0.6 is 35.0 Å². The molecule has 0 fully saturated rings. The number of nitrogen functional groups attached to an aromatic ring is 1. The summed E-state index contributed by atoms with van der Waals surface area (Å²) in [7, 11) is 0. The molecule has 2 heterocycles. The van der Waals surface area contributed by atoms with Gasteiger partial charge in [0.2, 0.25) is 5.65 Å². The number of benzene rings is 1. The SMILES string of the molecule is Nc1cc(SCc2c(Cl)cccc2Cl)c2n[nH]nc2n1. The molecule has 8 heteroatoms. The number of fused-ring (bicyclic) bond motifs is 1. The fourth-order valence-corrected chi connectivity index (χ4v) is 3.53. The molecule has 0 amide bonds. The molecule has 2 aromatic heterocycles. The fourth-order valence-electron chi connectivity index (χ4n) is 1.76. The molecule has 3 aromatic rings. The van der Waals surface area contributed by atoms with Crippen LogP contribution in [0.25, 0.3) is 11.2 Å². The van der Waals surface area contributed by atoms with Crippen LogP contribution in [0, 0.1) is 0 Å². The summed E-state index contributed by atoms with van der Waals surface area (Å²) >= 11 is 13.8. The van der Waals surface area contributed by atoms with Crippen molar-refractivity contribution < 1.29 is 0 Å². The number of pyridine rings is 1. The highest BCUT2D eigenvalue weighted by atomic mass is 35.5. The fraction of sp³-hybridized carbons (Fsp3) is 0.0833. The Labute approximate surface area is 128 Å². The van der Waals surface area contributed by atoms with Gasteiger partial charge in [-0.25, -0.2) is 4.98 Å². The van der Waals surface area contributed by atoms with Crippen LogP contribution in [0.5, 0.6) is 0 Å². The summed E-state index contributed by atoms with van der Waals surface area (Å²) in [6, 6.07) is 7.21. The number of thioether (sulfide) groups is 1. The molecule has 0 bridgehead atoms. The van der Waals surface area contributed by atoms with Crippen molar-refractivity contribution in [2.24, 2.45) is 0 Å². The Morgan fingerprint density at radius 1 is 1.20 bits per heavy atom. The van der Waals surface area contributed by atoms with E-state index < -0.39 is 0 Å². The standard InChI is InChI=1S/C12H9Cl2N5S/c13-7-2-1-3-8(14)6(7)5-20-9-4-10(15)16-12-11(9)17-19-18-12/h1-4H,5H2,(H3,15,16,17,18,19). The third-order valence-corrected chi connectivity index (χ3v) is 4.47. The van der Waals surface area contributed by atoms with Crippen molar-refractivity contribution in [3.8, 4) is 0 Å². The number of nitrogens with one attached hydrogen (secondary N) is 1. The first kappa shape index (κ1) is 13.5. The van der Waals surface area contributed by atoms with Crippen LogP contribution in [0.1, 0.15) is 5.56 Å². The van der Waals surface area contributed by atoms with E-state index in [1.54, 1.807) is 6.07 Å². The summed E-state index contributed by atoms with van der Waals surface area (Å²) in [6.45, 7) is 0. The number of halogens is 2. The molecule has 0 aliphatic rings. The van der Waals surface area contributed by atoms with E-state index >= 15 is 0 Å². The van der Waals surface area contributed by atoms with Gasteiger partial charge in [-0.1, -0.05) is 29.3 Å².